The molecule has 2 rings (SSSR count). The molecule has 0 amide bonds. The van der Waals surface area contributed by atoms with Gasteiger partial charge >= 0.3 is 0 Å². The third-order valence-electron chi connectivity index (χ3n) is 2.59. The number of hydrogen-bond acceptors (Lipinski definition) is 3. The predicted molar refractivity (Wildman–Crippen MR) is 71.8 cm³/mol. The topological polar surface area (TPSA) is 55.5 Å². The fourth-order valence-electron chi connectivity index (χ4n) is 1.61. The van der Waals surface area contributed by atoms with E-state index in [0.29, 0.717) is 23.1 Å². The van der Waals surface area contributed by atoms with Gasteiger partial charge in [0, 0.05) is 12.1 Å². The Morgan fingerprint density at radius 1 is 1.11 bits per heavy atom. The summed E-state index contributed by atoms with van der Waals surface area (Å²) >= 11 is 6.10. The van der Waals surface area contributed by atoms with Gasteiger partial charge in [-0.2, -0.15) is 0 Å². The molecule has 3 nitrogen and oxygen atoms in total. The van der Waals surface area contributed by atoms with Crippen molar-refractivity contribution in [1.82, 2.24) is 0 Å². The Balaban J connectivity index is 2.27. The van der Waals surface area contributed by atoms with Crippen LogP contribution < -0.4 is 10.5 Å². The number of ether oxygens (including phenoxy) is 1. The average molecular weight is 264 g/mol. The molecule has 94 valence electrons. The van der Waals surface area contributed by atoms with Crippen LogP contribution in [0.4, 0.5) is 0 Å². The van der Waals surface area contributed by atoms with Gasteiger partial charge in [-0.3, -0.25) is 0 Å². The lowest BCUT2D eigenvalue weighted by molar-refractivity contribution is 0.281. The molecule has 0 bridgehead atoms. The molecule has 3 N–H and O–H groups in total. The molecule has 0 heterocycles. The summed E-state index contributed by atoms with van der Waals surface area (Å²) < 4.78 is 5.74. The van der Waals surface area contributed by atoms with Crippen molar-refractivity contribution in [3.63, 3.8) is 0 Å². The van der Waals surface area contributed by atoms with Crippen molar-refractivity contribution in [1.29, 1.82) is 0 Å². The van der Waals surface area contributed by atoms with Crippen LogP contribution in [0.5, 0.6) is 11.5 Å². The Labute approximate surface area is 111 Å². The van der Waals surface area contributed by atoms with E-state index < -0.39 is 0 Å². The first-order chi connectivity index (χ1) is 8.74. The van der Waals surface area contributed by atoms with Crippen LogP contribution in [0, 0.1) is 0 Å². The number of rotatable bonds is 4. The first kappa shape index (κ1) is 12.9. The molecule has 2 aromatic carbocycles. The summed E-state index contributed by atoms with van der Waals surface area (Å²) in [6.07, 6.45) is 0. The molecule has 0 unspecified atom stereocenters. The van der Waals surface area contributed by atoms with Crippen LogP contribution in [0.25, 0.3) is 0 Å². The predicted octanol–water partition coefficient (Wildman–Crippen LogP) is 3.08. The fraction of sp³-hybridized carbons (Fsp3) is 0.143. The number of nitrogens with two attached hydrogens (primary N) is 1. The molecule has 18 heavy (non-hydrogen) atoms. The van der Waals surface area contributed by atoms with Gasteiger partial charge in [-0.15, -0.1) is 0 Å². The summed E-state index contributed by atoms with van der Waals surface area (Å²) in [4.78, 5) is 0. The van der Waals surface area contributed by atoms with Crippen molar-refractivity contribution in [3.05, 3.63) is 58.6 Å². The highest BCUT2D eigenvalue weighted by atomic mass is 35.5. The molecule has 0 aliphatic heterocycles. The summed E-state index contributed by atoms with van der Waals surface area (Å²) in [5, 5.41) is 9.50. The molecule has 2 aromatic rings. The second kappa shape index (κ2) is 5.87. The first-order valence-electron chi connectivity index (χ1n) is 5.59. The van der Waals surface area contributed by atoms with Gasteiger partial charge in [0.25, 0.3) is 0 Å². The zero-order chi connectivity index (χ0) is 13.0. The summed E-state index contributed by atoms with van der Waals surface area (Å²) in [6, 6.07) is 12.7. The molecule has 0 fully saturated rings. The Morgan fingerprint density at radius 3 is 2.44 bits per heavy atom. The Morgan fingerprint density at radius 2 is 1.83 bits per heavy atom. The van der Waals surface area contributed by atoms with E-state index in [-0.39, 0.29) is 6.61 Å². The second-order valence-electron chi connectivity index (χ2n) is 3.84. The molecule has 0 aliphatic carbocycles. The van der Waals surface area contributed by atoms with Crippen molar-refractivity contribution < 1.29 is 9.84 Å². The molecule has 0 saturated heterocycles. The van der Waals surface area contributed by atoms with Gasteiger partial charge in [0.2, 0.25) is 0 Å². The zero-order valence-electron chi connectivity index (χ0n) is 9.77. The van der Waals surface area contributed by atoms with E-state index in [1.54, 1.807) is 30.3 Å². The van der Waals surface area contributed by atoms with Crippen molar-refractivity contribution in [2.45, 2.75) is 13.2 Å². The normalized spacial score (nSPS) is 10.4. The number of para-hydroxylation sites is 1. The lowest BCUT2D eigenvalue weighted by Gasteiger charge is -2.11. The maximum Gasteiger partial charge on any atom is 0.150 e. The average Bonchev–Trinajstić information content (AvgIpc) is 2.42. The number of hydrogen-bond donors (Lipinski definition) is 2. The van der Waals surface area contributed by atoms with E-state index in [4.69, 9.17) is 27.2 Å². The second-order valence-corrected chi connectivity index (χ2v) is 4.24. The van der Waals surface area contributed by atoms with Crippen molar-refractivity contribution in [3.8, 4) is 11.5 Å². The standard InChI is InChI=1S/C14H14ClNO2/c15-13-3-1-2-11(8-16)14(13)18-12-6-4-10(9-17)5-7-12/h1-7,17H,8-9,16H2. The van der Waals surface area contributed by atoms with Crippen LogP contribution in [0.1, 0.15) is 11.1 Å². The third kappa shape index (κ3) is 2.82. The highest BCUT2D eigenvalue weighted by Crippen LogP contribution is 2.32. The van der Waals surface area contributed by atoms with Gasteiger partial charge in [0.05, 0.1) is 11.6 Å². The van der Waals surface area contributed by atoms with E-state index in [0.717, 1.165) is 11.1 Å². The van der Waals surface area contributed by atoms with Crippen LogP contribution in [-0.2, 0) is 13.2 Å². The number of halogens is 1. The van der Waals surface area contributed by atoms with Gasteiger partial charge in [0.15, 0.2) is 0 Å². The number of aliphatic hydroxyl groups excluding tert-OH is 1. The Bertz CT molecular complexity index is 526. The lowest BCUT2D eigenvalue weighted by atomic mass is 10.2. The first-order valence-corrected chi connectivity index (χ1v) is 5.97. The van der Waals surface area contributed by atoms with E-state index in [1.807, 2.05) is 12.1 Å². The van der Waals surface area contributed by atoms with E-state index >= 15 is 0 Å². The van der Waals surface area contributed by atoms with Gasteiger partial charge < -0.3 is 15.6 Å². The van der Waals surface area contributed by atoms with E-state index in [2.05, 4.69) is 0 Å². The van der Waals surface area contributed by atoms with Crippen molar-refractivity contribution >= 4 is 11.6 Å². The maximum atomic E-state index is 8.97. The molecule has 0 radical (unpaired) electrons. The molecular weight excluding hydrogens is 250 g/mol. The Hall–Kier alpha value is -1.55. The largest absolute Gasteiger partial charge is 0.455 e. The van der Waals surface area contributed by atoms with E-state index in [9.17, 15) is 0 Å². The quantitative estimate of drug-likeness (QED) is 0.891. The molecule has 0 spiro atoms. The minimum Gasteiger partial charge on any atom is -0.455 e. The summed E-state index contributed by atoms with van der Waals surface area (Å²) in [6.45, 7) is 0.380. The van der Waals surface area contributed by atoms with Crippen LogP contribution in [0.3, 0.4) is 0 Å². The third-order valence-corrected chi connectivity index (χ3v) is 2.89. The molecule has 0 atom stereocenters. The zero-order valence-corrected chi connectivity index (χ0v) is 10.5. The van der Waals surface area contributed by atoms with Gasteiger partial charge in [0.1, 0.15) is 11.5 Å². The van der Waals surface area contributed by atoms with Crippen LogP contribution >= 0.6 is 11.6 Å². The van der Waals surface area contributed by atoms with E-state index in [1.165, 1.54) is 0 Å². The molecular formula is C14H14ClNO2. The molecule has 0 saturated carbocycles. The highest BCUT2D eigenvalue weighted by molar-refractivity contribution is 6.32. The fourth-order valence-corrected chi connectivity index (χ4v) is 1.84. The van der Waals surface area contributed by atoms with Gasteiger partial charge in [-0.25, -0.2) is 0 Å². The van der Waals surface area contributed by atoms with Crippen LogP contribution in [0.2, 0.25) is 5.02 Å². The summed E-state index contributed by atoms with van der Waals surface area (Å²) in [5.41, 5.74) is 7.34. The highest BCUT2D eigenvalue weighted by Gasteiger charge is 2.08. The number of benzene rings is 2. The molecule has 0 aliphatic rings. The summed E-state index contributed by atoms with van der Waals surface area (Å²) in [5.74, 6) is 1.24. The minimum atomic E-state index is 0.0143. The number of aliphatic hydroxyl groups is 1. The van der Waals surface area contributed by atoms with Gasteiger partial charge in [-0.1, -0.05) is 35.9 Å². The lowest BCUT2D eigenvalue weighted by Crippen LogP contribution is -1.99. The minimum absolute atomic E-state index is 0.0143. The molecule has 0 aromatic heterocycles. The van der Waals surface area contributed by atoms with Crippen LogP contribution in [0.15, 0.2) is 42.5 Å². The van der Waals surface area contributed by atoms with Crippen molar-refractivity contribution in [2.24, 2.45) is 5.73 Å². The van der Waals surface area contributed by atoms with Crippen molar-refractivity contribution in [2.75, 3.05) is 0 Å². The Kier molecular flexibility index (Phi) is 4.20. The van der Waals surface area contributed by atoms with Crippen LogP contribution in [-0.4, -0.2) is 5.11 Å². The molecule has 4 heteroatoms. The maximum absolute atomic E-state index is 8.97. The SMILES string of the molecule is NCc1cccc(Cl)c1Oc1ccc(CO)cc1. The van der Waals surface area contributed by atoms with Gasteiger partial charge in [-0.05, 0) is 23.8 Å². The monoisotopic (exact) mass is 263 g/mol. The smallest absolute Gasteiger partial charge is 0.150 e. The summed E-state index contributed by atoms with van der Waals surface area (Å²) in [7, 11) is 0.